The Kier molecular flexibility index (Phi) is 4.01. The molecule has 3 aromatic heterocycles. The lowest BCUT2D eigenvalue weighted by Crippen LogP contribution is -2.45. The maximum atomic E-state index is 5.37. The molecular formula is C21H23N5O. The van der Waals surface area contributed by atoms with E-state index in [0.29, 0.717) is 11.6 Å². The van der Waals surface area contributed by atoms with Gasteiger partial charge in [-0.15, -0.1) is 0 Å². The van der Waals surface area contributed by atoms with Crippen LogP contribution < -0.4 is 0 Å². The number of rotatable bonds is 3. The van der Waals surface area contributed by atoms with Gasteiger partial charge in [0.1, 0.15) is 5.82 Å². The van der Waals surface area contributed by atoms with Crippen molar-refractivity contribution in [1.82, 2.24) is 24.8 Å². The van der Waals surface area contributed by atoms with Crippen LogP contribution in [0.15, 0.2) is 41.4 Å². The Morgan fingerprint density at radius 3 is 2.85 bits per heavy atom. The van der Waals surface area contributed by atoms with E-state index in [1.807, 2.05) is 37.6 Å². The average molecular weight is 361 g/mol. The number of fused-ring (bicyclic) bond motifs is 2. The summed E-state index contributed by atoms with van der Waals surface area (Å²) in [6.45, 7) is 5.03. The van der Waals surface area contributed by atoms with Crippen LogP contribution in [0.2, 0.25) is 0 Å². The Balaban J connectivity index is 1.33. The Hall–Kier alpha value is -2.60. The zero-order valence-electron chi connectivity index (χ0n) is 15.6. The molecule has 1 atom stereocenters. The molecule has 1 aliphatic carbocycles. The van der Waals surface area contributed by atoms with Crippen LogP contribution in [-0.4, -0.2) is 37.9 Å². The molecule has 0 aromatic carbocycles. The Bertz CT molecular complexity index is 934. The van der Waals surface area contributed by atoms with Crippen molar-refractivity contribution >= 4 is 0 Å². The van der Waals surface area contributed by atoms with Crippen LogP contribution in [0.25, 0.3) is 11.6 Å². The molecule has 1 saturated heterocycles. The molecule has 0 amide bonds. The minimum absolute atomic E-state index is 0.191. The highest BCUT2D eigenvalue weighted by molar-refractivity contribution is 5.45. The van der Waals surface area contributed by atoms with Gasteiger partial charge in [-0.3, -0.25) is 4.90 Å². The highest BCUT2D eigenvalue weighted by atomic mass is 16.3. The Labute approximate surface area is 158 Å². The molecule has 5 rings (SSSR count). The molecule has 1 aliphatic heterocycles. The first-order valence-electron chi connectivity index (χ1n) is 9.62. The number of hydrogen-bond donors (Lipinski definition) is 0. The summed E-state index contributed by atoms with van der Waals surface area (Å²) in [6.07, 6.45) is 12.2. The molecule has 0 N–H and O–H groups in total. The van der Waals surface area contributed by atoms with Crippen LogP contribution >= 0.6 is 0 Å². The van der Waals surface area contributed by atoms with Crippen molar-refractivity contribution in [3.8, 4) is 11.6 Å². The van der Waals surface area contributed by atoms with Gasteiger partial charge in [0.15, 0.2) is 11.6 Å². The van der Waals surface area contributed by atoms with E-state index in [1.54, 1.807) is 6.26 Å². The van der Waals surface area contributed by atoms with Crippen molar-refractivity contribution in [2.45, 2.75) is 44.6 Å². The van der Waals surface area contributed by atoms with Crippen molar-refractivity contribution in [3.63, 3.8) is 0 Å². The van der Waals surface area contributed by atoms with E-state index in [2.05, 4.69) is 19.9 Å². The summed E-state index contributed by atoms with van der Waals surface area (Å²) in [5, 5.41) is 0. The van der Waals surface area contributed by atoms with Crippen LogP contribution in [0.5, 0.6) is 0 Å². The molecule has 3 aromatic rings. The van der Waals surface area contributed by atoms with Gasteiger partial charge in [-0.25, -0.2) is 19.9 Å². The van der Waals surface area contributed by atoms with Gasteiger partial charge in [0.25, 0.3) is 0 Å². The second-order valence-electron chi connectivity index (χ2n) is 7.78. The molecule has 1 unspecified atom stereocenters. The standard InChI is InChI=1S/C21H23N5O/c1-15-22-12-17-5-7-21(19(17)25-15)6-3-8-26(14-21)13-16-10-23-20(24-11-16)18-4-2-9-27-18/h2,4,9-12H,3,5-8,13-14H2,1H3. The van der Waals surface area contributed by atoms with Crippen molar-refractivity contribution in [2.24, 2.45) is 0 Å². The van der Waals surface area contributed by atoms with Crippen molar-refractivity contribution in [3.05, 3.63) is 59.6 Å². The second-order valence-corrected chi connectivity index (χ2v) is 7.78. The summed E-state index contributed by atoms with van der Waals surface area (Å²) in [5.74, 6) is 2.22. The van der Waals surface area contributed by atoms with E-state index in [9.17, 15) is 0 Å². The third-order valence-corrected chi connectivity index (χ3v) is 5.87. The molecule has 1 fully saturated rings. The molecule has 1 spiro atoms. The third-order valence-electron chi connectivity index (χ3n) is 5.87. The monoisotopic (exact) mass is 361 g/mol. The van der Waals surface area contributed by atoms with Gasteiger partial charge in [-0.2, -0.15) is 0 Å². The Morgan fingerprint density at radius 1 is 1.15 bits per heavy atom. The molecule has 6 nitrogen and oxygen atoms in total. The lowest BCUT2D eigenvalue weighted by molar-refractivity contribution is 0.136. The zero-order chi connectivity index (χ0) is 18.3. The van der Waals surface area contributed by atoms with E-state index in [1.165, 1.54) is 30.5 Å². The third kappa shape index (κ3) is 3.04. The SMILES string of the molecule is Cc1ncc2c(n1)C1(CCCN(Cc3cnc(-c4ccco4)nc3)C1)CC2. The first-order chi connectivity index (χ1) is 13.2. The van der Waals surface area contributed by atoms with Crippen molar-refractivity contribution in [2.75, 3.05) is 13.1 Å². The first kappa shape index (κ1) is 16.6. The van der Waals surface area contributed by atoms with E-state index in [0.717, 1.165) is 37.4 Å². The molecular weight excluding hydrogens is 338 g/mol. The molecule has 27 heavy (non-hydrogen) atoms. The summed E-state index contributed by atoms with van der Waals surface area (Å²) in [7, 11) is 0. The number of aryl methyl sites for hydroxylation is 2. The highest BCUT2D eigenvalue weighted by Gasteiger charge is 2.43. The second kappa shape index (κ2) is 6.53. The molecule has 6 heteroatoms. The van der Waals surface area contributed by atoms with Crippen LogP contribution in [0.3, 0.4) is 0 Å². The summed E-state index contributed by atoms with van der Waals surface area (Å²) in [4.78, 5) is 20.7. The molecule has 0 saturated carbocycles. The number of nitrogens with zero attached hydrogens (tertiary/aromatic N) is 5. The van der Waals surface area contributed by atoms with Gasteiger partial charge in [-0.1, -0.05) is 0 Å². The van der Waals surface area contributed by atoms with Gasteiger partial charge < -0.3 is 4.42 Å². The normalized spacial score (nSPS) is 22.3. The zero-order valence-corrected chi connectivity index (χ0v) is 15.6. The lowest BCUT2D eigenvalue weighted by Gasteiger charge is -2.40. The molecule has 138 valence electrons. The smallest absolute Gasteiger partial charge is 0.195 e. The minimum Gasteiger partial charge on any atom is -0.461 e. The van der Waals surface area contributed by atoms with E-state index >= 15 is 0 Å². The predicted octanol–water partition coefficient (Wildman–Crippen LogP) is 3.32. The summed E-state index contributed by atoms with van der Waals surface area (Å²) >= 11 is 0. The van der Waals surface area contributed by atoms with Crippen LogP contribution in [-0.2, 0) is 18.4 Å². The van der Waals surface area contributed by atoms with Gasteiger partial charge in [0.05, 0.1) is 12.0 Å². The molecule has 4 heterocycles. The summed E-state index contributed by atoms with van der Waals surface area (Å²) in [6, 6.07) is 3.73. The number of likely N-dealkylation sites (tertiary alicyclic amines) is 1. The number of hydrogen-bond acceptors (Lipinski definition) is 6. The maximum absolute atomic E-state index is 5.37. The quantitative estimate of drug-likeness (QED) is 0.713. The van der Waals surface area contributed by atoms with Crippen molar-refractivity contribution < 1.29 is 4.42 Å². The van der Waals surface area contributed by atoms with E-state index < -0.39 is 0 Å². The van der Waals surface area contributed by atoms with Crippen LogP contribution in [0, 0.1) is 6.92 Å². The lowest BCUT2D eigenvalue weighted by atomic mass is 9.77. The molecule has 0 radical (unpaired) electrons. The van der Waals surface area contributed by atoms with E-state index in [4.69, 9.17) is 9.40 Å². The van der Waals surface area contributed by atoms with Crippen LogP contribution in [0.4, 0.5) is 0 Å². The largest absolute Gasteiger partial charge is 0.461 e. The van der Waals surface area contributed by atoms with Gasteiger partial charge in [0, 0.05) is 42.7 Å². The Morgan fingerprint density at radius 2 is 2.04 bits per heavy atom. The molecule has 2 aliphatic rings. The molecule has 0 bridgehead atoms. The fourth-order valence-corrected chi connectivity index (χ4v) is 4.62. The van der Waals surface area contributed by atoms with Gasteiger partial charge in [0.2, 0.25) is 0 Å². The van der Waals surface area contributed by atoms with E-state index in [-0.39, 0.29) is 5.41 Å². The minimum atomic E-state index is 0.191. The topological polar surface area (TPSA) is 67.9 Å². The maximum Gasteiger partial charge on any atom is 0.195 e. The number of piperidine rings is 1. The van der Waals surface area contributed by atoms with Gasteiger partial charge in [-0.05, 0) is 56.8 Å². The van der Waals surface area contributed by atoms with Crippen molar-refractivity contribution in [1.29, 1.82) is 0 Å². The average Bonchev–Trinajstić information content (AvgIpc) is 3.33. The van der Waals surface area contributed by atoms with Crippen LogP contribution in [0.1, 0.15) is 41.9 Å². The predicted molar refractivity (Wildman–Crippen MR) is 101 cm³/mol. The first-order valence-corrected chi connectivity index (χ1v) is 9.62. The summed E-state index contributed by atoms with van der Waals surface area (Å²) in [5.41, 5.74) is 3.97. The fourth-order valence-electron chi connectivity index (χ4n) is 4.62. The van der Waals surface area contributed by atoms with Gasteiger partial charge >= 0.3 is 0 Å². The number of aromatic nitrogens is 4. The summed E-state index contributed by atoms with van der Waals surface area (Å²) < 4.78 is 5.37. The number of furan rings is 1. The highest BCUT2D eigenvalue weighted by Crippen LogP contribution is 2.44. The fraction of sp³-hybridized carbons (Fsp3) is 0.429.